The smallest absolute Gasteiger partial charge is 0.0766 e. The van der Waals surface area contributed by atoms with Crippen molar-refractivity contribution >= 4 is 0 Å². The van der Waals surface area contributed by atoms with E-state index in [4.69, 9.17) is 0 Å². The number of allylic oxidation sites excluding steroid dienone is 1. The third-order valence-corrected chi connectivity index (χ3v) is 1.93. The molecule has 0 unspecified atom stereocenters. The van der Waals surface area contributed by atoms with Crippen molar-refractivity contribution < 1.29 is 4.74 Å². The maximum atomic E-state index is 4.31. The summed E-state index contributed by atoms with van der Waals surface area (Å²) < 4.78 is 4.31. The molecular weight excluding hydrogens is 172 g/mol. The van der Waals surface area contributed by atoms with Crippen molar-refractivity contribution in [2.24, 2.45) is 0 Å². The van der Waals surface area contributed by atoms with Gasteiger partial charge in [0, 0.05) is 0 Å². The van der Waals surface area contributed by atoms with Crippen LogP contribution in [-0.4, -0.2) is 7.11 Å². The topological polar surface area (TPSA) is 9.23 Å². The summed E-state index contributed by atoms with van der Waals surface area (Å²) >= 11 is 0. The second kappa shape index (κ2) is 18.1. The Morgan fingerprint density at radius 1 is 1.00 bits per heavy atom. The average Bonchev–Trinajstić information content (AvgIpc) is 2.24. The second-order valence-corrected chi connectivity index (χ2v) is 3.25. The fourth-order valence-electron chi connectivity index (χ4n) is 1.07. The molecule has 0 N–H and O–H groups in total. The van der Waals surface area contributed by atoms with E-state index >= 15 is 0 Å². The van der Waals surface area contributed by atoms with Crippen molar-refractivity contribution in [1.29, 1.82) is 0 Å². The maximum absolute atomic E-state index is 4.31. The first-order valence-electron chi connectivity index (χ1n) is 5.58. The molecule has 0 rings (SSSR count). The molecule has 0 saturated carbocycles. The molecule has 0 aliphatic carbocycles. The van der Waals surface area contributed by atoms with Crippen molar-refractivity contribution in [3.05, 3.63) is 25.5 Å². The van der Waals surface area contributed by atoms with Crippen LogP contribution in [0.25, 0.3) is 0 Å². The van der Waals surface area contributed by atoms with Gasteiger partial charge in [0.1, 0.15) is 0 Å². The number of hydrogen-bond donors (Lipinski definition) is 0. The van der Waals surface area contributed by atoms with Gasteiger partial charge in [-0.25, -0.2) is 0 Å². The van der Waals surface area contributed by atoms with Crippen LogP contribution in [0.3, 0.4) is 0 Å². The molecule has 84 valence electrons. The summed E-state index contributed by atoms with van der Waals surface area (Å²) in [5.41, 5.74) is 0. The number of methoxy groups -OCH3 is 1. The Hall–Kier alpha value is -0.720. The van der Waals surface area contributed by atoms with Crippen LogP contribution >= 0.6 is 0 Å². The van der Waals surface area contributed by atoms with E-state index in [1.807, 2.05) is 6.08 Å². The van der Waals surface area contributed by atoms with E-state index in [2.05, 4.69) is 24.8 Å². The van der Waals surface area contributed by atoms with E-state index in [1.165, 1.54) is 51.2 Å². The first-order chi connectivity index (χ1) is 6.83. The number of unbranched alkanes of at least 4 members (excludes halogenated alkanes) is 6. The van der Waals surface area contributed by atoms with Gasteiger partial charge in [-0.3, -0.25) is 0 Å². The summed E-state index contributed by atoms with van der Waals surface area (Å²) in [7, 11) is 1.56. The van der Waals surface area contributed by atoms with E-state index < -0.39 is 0 Å². The molecule has 0 heterocycles. The van der Waals surface area contributed by atoms with Crippen molar-refractivity contribution in [3.63, 3.8) is 0 Å². The van der Waals surface area contributed by atoms with Gasteiger partial charge in [0.15, 0.2) is 0 Å². The van der Waals surface area contributed by atoms with Crippen molar-refractivity contribution in [2.45, 2.75) is 51.9 Å². The molecule has 0 aliphatic heterocycles. The predicted molar refractivity (Wildman–Crippen MR) is 65.4 cm³/mol. The lowest BCUT2D eigenvalue weighted by atomic mass is 10.1. The summed E-state index contributed by atoms with van der Waals surface area (Å²) in [6.45, 7) is 9.21. The highest BCUT2D eigenvalue weighted by Crippen LogP contribution is 2.06. The summed E-state index contributed by atoms with van der Waals surface area (Å²) in [5, 5.41) is 0. The molecular formula is C13H26O. The molecule has 0 spiro atoms. The van der Waals surface area contributed by atoms with Crippen LogP contribution in [0.5, 0.6) is 0 Å². The van der Waals surface area contributed by atoms with Gasteiger partial charge >= 0.3 is 0 Å². The van der Waals surface area contributed by atoms with Gasteiger partial charge in [0.05, 0.1) is 13.4 Å². The minimum Gasteiger partial charge on any atom is -0.505 e. The predicted octanol–water partition coefficient (Wildman–Crippen LogP) is 4.70. The molecule has 0 bridgehead atoms. The van der Waals surface area contributed by atoms with Gasteiger partial charge in [-0.1, -0.05) is 51.7 Å². The van der Waals surface area contributed by atoms with Crippen LogP contribution < -0.4 is 0 Å². The molecule has 1 nitrogen and oxygen atoms in total. The zero-order valence-electron chi connectivity index (χ0n) is 9.93. The van der Waals surface area contributed by atoms with Crippen molar-refractivity contribution in [1.82, 2.24) is 0 Å². The highest BCUT2D eigenvalue weighted by atomic mass is 16.5. The molecule has 0 aromatic carbocycles. The zero-order valence-corrected chi connectivity index (χ0v) is 9.93. The van der Waals surface area contributed by atoms with Crippen molar-refractivity contribution in [3.8, 4) is 0 Å². The number of rotatable bonds is 8. The summed E-state index contributed by atoms with van der Waals surface area (Å²) in [6, 6.07) is 0. The molecule has 0 radical (unpaired) electrons. The van der Waals surface area contributed by atoms with Gasteiger partial charge < -0.3 is 4.74 Å². The van der Waals surface area contributed by atoms with Crippen LogP contribution in [0, 0.1) is 0 Å². The molecule has 0 amide bonds. The van der Waals surface area contributed by atoms with Gasteiger partial charge in [-0.15, -0.1) is 6.58 Å². The fourth-order valence-corrected chi connectivity index (χ4v) is 1.07. The molecule has 0 saturated heterocycles. The molecule has 0 aliphatic rings. The SMILES string of the molecule is C=CCCCCCCCC.C=COC. The monoisotopic (exact) mass is 198 g/mol. The molecule has 0 aromatic heterocycles. The summed E-state index contributed by atoms with van der Waals surface area (Å²) in [5.74, 6) is 0. The lowest BCUT2D eigenvalue weighted by molar-refractivity contribution is 0.339. The zero-order chi connectivity index (χ0) is 11.1. The lowest BCUT2D eigenvalue weighted by Crippen LogP contribution is -1.76. The van der Waals surface area contributed by atoms with Crippen LogP contribution in [0.4, 0.5) is 0 Å². The van der Waals surface area contributed by atoms with E-state index in [1.54, 1.807) is 7.11 Å². The third-order valence-electron chi connectivity index (χ3n) is 1.93. The quantitative estimate of drug-likeness (QED) is 0.312. The normalized spacial score (nSPS) is 8.43. The highest BCUT2D eigenvalue weighted by Gasteiger charge is 1.86. The van der Waals surface area contributed by atoms with Crippen LogP contribution in [0.1, 0.15) is 51.9 Å². The minimum atomic E-state index is 1.20. The van der Waals surface area contributed by atoms with Gasteiger partial charge in [0.25, 0.3) is 0 Å². The first-order valence-corrected chi connectivity index (χ1v) is 5.58. The van der Waals surface area contributed by atoms with E-state index in [0.29, 0.717) is 0 Å². The van der Waals surface area contributed by atoms with Gasteiger partial charge in [-0.05, 0) is 12.8 Å². The van der Waals surface area contributed by atoms with Crippen LogP contribution in [-0.2, 0) is 4.74 Å². The largest absolute Gasteiger partial charge is 0.505 e. The molecule has 14 heavy (non-hydrogen) atoms. The average molecular weight is 198 g/mol. The summed E-state index contributed by atoms with van der Waals surface area (Å²) in [6.07, 6.45) is 12.9. The maximum Gasteiger partial charge on any atom is 0.0766 e. The molecule has 0 fully saturated rings. The Morgan fingerprint density at radius 3 is 1.93 bits per heavy atom. The number of ether oxygens (including phenoxy) is 1. The van der Waals surface area contributed by atoms with E-state index in [-0.39, 0.29) is 0 Å². The lowest BCUT2D eigenvalue weighted by Gasteiger charge is -1.96. The number of hydrogen-bond acceptors (Lipinski definition) is 1. The minimum absolute atomic E-state index is 1.20. The Balaban J connectivity index is 0. The Labute approximate surface area is 89.9 Å². The Kier molecular flexibility index (Phi) is 20.4. The van der Waals surface area contributed by atoms with Crippen LogP contribution in [0.15, 0.2) is 25.5 Å². The molecule has 0 atom stereocenters. The fraction of sp³-hybridized carbons (Fsp3) is 0.692. The van der Waals surface area contributed by atoms with E-state index in [0.717, 1.165) is 0 Å². The first kappa shape index (κ1) is 15.7. The summed E-state index contributed by atoms with van der Waals surface area (Å²) in [4.78, 5) is 0. The van der Waals surface area contributed by atoms with Gasteiger partial charge in [-0.2, -0.15) is 0 Å². The third kappa shape index (κ3) is 22.5. The standard InChI is InChI=1S/C10H20.C3H6O/c1-3-5-7-9-10-8-6-4-2;1-3-4-2/h3H,1,4-10H2,2H3;3H,1H2,2H3. The van der Waals surface area contributed by atoms with E-state index in [9.17, 15) is 0 Å². The highest BCUT2D eigenvalue weighted by molar-refractivity contribution is 4.65. The molecule has 0 aromatic rings. The van der Waals surface area contributed by atoms with Crippen molar-refractivity contribution in [2.75, 3.05) is 7.11 Å². The van der Waals surface area contributed by atoms with Crippen LogP contribution in [0.2, 0.25) is 0 Å². The Morgan fingerprint density at radius 2 is 1.50 bits per heavy atom. The Bertz CT molecular complexity index is 108. The van der Waals surface area contributed by atoms with Gasteiger partial charge in [0.2, 0.25) is 0 Å². The molecule has 1 heteroatoms. The second-order valence-electron chi connectivity index (χ2n) is 3.25.